The molecule has 0 bridgehead atoms. The summed E-state index contributed by atoms with van der Waals surface area (Å²) in [5.74, 6) is 1.06. The molecule has 2 aromatic heterocycles. The summed E-state index contributed by atoms with van der Waals surface area (Å²) < 4.78 is 15.5. The van der Waals surface area contributed by atoms with Crippen molar-refractivity contribution in [2.75, 3.05) is 7.11 Å². The van der Waals surface area contributed by atoms with Crippen LogP contribution in [0.3, 0.4) is 0 Å². The number of methoxy groups -OCH3 is 1. The first-order valence-electron chi connectivity index (χ1n) is 7.75. The molecule has 0 aliphatic heterocycles. The van der Waals surface area contributed by atoms with Crippen molar-refractivity contribution >= 4 is 18.1 Å². The van der Waals surface area contributed by atoms with Gasteiger partial charge in [-0.2, -0.15) is 5.10 Å². The van der Waals surface area contributed by atoms with Gasteiger partial charge in [-0.05, 0) is 43.3 Å². The smallest absolute Gasteiger partial charge is 0.337 e. The fourth-order valence-electron chi connectivity index (χ4n) is 2.23. The first-order chi connectivity index (χ1) is 12.6. The maximum Gasteiger partial charge on any atom is 0.337 e. The highest BCUT2D eigenvalue weighted by Crippen LogP contribution is 2.22. The summed E-state index contributed by atoms with van der Waals surface area (Å²) in [6, 6.07) is 13.6. The average molecular weight is 352 g/mol. The van der Waals surface area contributed by atoms with Crippen LogP contribution in [0.4, 0.5) is 0 Å². The Hall–Kier alpha value is -3.61. The summed E-state index contributed by atoms with van der Waals surface area (Å²) in [4.78, 5) is 23.2. The Morgan fingerprint density at radius 1 is 1.04 bits per heavy atom. The molecule has 1 aromatic carbocycles. The number of rotatable bonds is 5. The van der Waals surface area contributed by atoms with E-state index in [1.807, 2.05) is 0 Å². The molecule has 1 amide bonds. The molecular formula is C19H16N2O5. The number of benzene rings is 1. The molecule has 132 valence electrons. The number of amides is 1. The number of hydrogen-bond acceptors (Lipinski definition) is 6. The predicted octanol–water partition coefficient (Wildman–Crippen LogP) is 3.40. The van der Waals surface area contributed by atoms with E-state index in [1.165, 1.54) is 13.3 Å². The van der Waals surface area contributed by atoms with Gasteiger partial charge in [-0.15, -0.1) is 0 Å². The molecule has 0 fully saturated rings. The zero-order valence-electron chi connectivity index (χ0n) is 14.2. The molecule has 3 rings (SSSR count). The monoisotopic (exact) mass is 352 g/mol. The first kappa shape index (κ1) is 17.2. The lowest BCUT2D eigenvalue weighted by atomic mass is 10.1. The van der Waals surface area contributed by atoms with Gasteiger partial charge in [0.05, 0.1) is 18.9 Å². The van der Waals surface area contributed by atoms with Gasteiger partial charge in [0, 0.05) is 5.56 Å². The summed E-state index contributed by atoms with van der Waals surface area (Å²) in [6.07, 6.45) is 1.39. The number of aryl methyl sites for hydroxylation is 1. The molecule has 7 heteroatoms. The second-order valence-corrected chi connectivity index (χ2v) is 5.38. The lowest BCUT2D eigenvalue weighted by molar-refractivity contribution is 0.0600. The van der Waals surface area contributed by atoms with Crippen LogP contribution in [0.5, 0.6) is 0 Å². The minimum absolute atomic E-state index is 0.186. The molecule has 0 saturated heterocycles. The molecule has 0 unspecified atom stereocenters. The maximum absolute atomic E-state index is 11.8. The zero-order valence-corrected chi connectivity index (χ0v) is 14.2. The summed E-state index contributed by atoms with van der Waals surface area (Å²) in [5, 5.41) is 3.84. The Kier molecular flexibility index (Phi) is 4.98. The van der Waals surface area contributed by atoms with E-state index in [9.17, 15) is 9.59 Å². The normalized spacial score (nSPS) is 10.8. The molecule has 0 aliphatic carbocycles. The number of hydrazone groups is 1. The molecule has 0 atom stereocenters. The highest BCUT2D eigenvalue weighted by atomic mass is 16.5. The number of carbonyl (C=O) groups excluding carboxylic acids is 2. The van der Waals surface area contributed by atoms with Crippen molar-refractivity contribution in [2.24, 2.45) is 5.10 Å². The molecule has 0 saturated carbocycles. The van der Waals surface area contributed by atoms with Gasteiger partial charge in [0.1, 0.15) is 17.3 Å². The Balaban J connectivity index is 1.64. The van der Waals surface area contributed by atoms with Crippen molar-refractivity contribution < 1.29 is 23.2 Å². The Bertz CT molecular complexity index is 950. The van der Waals surface area contributed by atoms with E-state index in [0.717, 1.165) is 5.56 Å². The second kappa shape index (κ2) is 7.52. The van der Waals surface area contributed by atoms with E-state index in [4.69, 9.17) is 8.83 Å². The van der Waals surface area contributed by atoms with Crippen LogP contribution in [0.15, 0.2) is 62.5 Å². The van der Waals surface area contributed by atoms with Gasteiger partial charge in [0.15, 0.2) is 5.76 Å². The maximum atomic E-state index is 11.8. The number of furan rings is 2. The molecule has 1 N–H and O–H groups in total. The van der Waals surface area contributed by atoms with E-state index in [1.54, 1.807) is 55.5 Å². The van der Waals surface area contributed by atoms with Crippen molar-refractivity contribution in [1.82, 2.24) is 5.43 Å². The predicted molar refractivity (Wildman–Crippen MR) is 94.0 cm³/mol. The Morgan fingerprint density at radius 3 is 2.46 bits per heavy atom. The van der Waals surface area contributed by atoms with Crippen molar-refractivity contribution in [3.8, 4) is 11.3 Å². The minimum Gasteiger partial charge on any atom is -0.465 e. The van der Waals surface area contributed by atoms with E-state index in [0.29, 0.717) is 22.8 Å². The highest BCUT2D eigenvalue weighted by molar-refractivity contribution is 5.92. The number of ether oxygens (including phenoxy) is 1. The quantitative estimate of drug-likeness (QED) is 0.431. The third-order valence-corrected chi connectivity index (χ3v) is 3.54. The molecule has 3 aromatic rings. The molecule has 0 radical (unpaired) electrons. The summed E-state index contributed by atoms with van der Waals surface area (Å²) >= 11 is 0. The molecule has 0 spiro atoms. The van der Waals surface area contributed by atoms with E-state index >= 15 is 0 Å². The van der Waals surface area contributed by atoms with Crippen LogP contribution in [-0.2, 0) is 4.74 Å². The fraction of sp³-hybridized carbons (Fsp3) is 0.105. The van der Waals surface area contributed by atoms with Crippen LogP contribution in [0.1, 0.15) is 32.4 Å². The molecule has 7 nitrogen and oxygen atoms in total. The standard InChI is InChI=1S/C19H16N2O5/c1-12-3-9-17(25-12)18(22)21-20-11-15-8-10-16(26-15)13-4-6-14(7-5-13)19(23)24-2/h3-11H,1-2H3,(H,21,22)/b20-11-. The minimum atomic E-state index is -0.445. The topological polar surface area (TPSA) is 94.0 Å². The summed E-state index contributed by atoms with van der Waals surface area (Å²) in [6.45, 7) is 1.75. The number of hydrogen-bond donors (Lipinski definition) is 1. The third kappa shape index (κ3) is 3.89. The van der Waals surface area contributed by atoms with Crippen LogP contribution >= 0.6 is 0 Å². The Morgan fingerprint density at radius 2 is 1.81 bits per heavy atom. The van der Waals surface area contributed by atoms with Crippen LogP contribution in [0, 0.1) is 6.92 Å². The van der Waals surface area contributed by atoms with Crippen molar-refractivity contribution in [2.45, 2.75) is 6.92 Å². The van der Waals surface area contributed by atoms with Crippen molar-refractivity contribution in [3.63, 3.8) is 0 Å². The number of nitrogens with zero attached hydrogens (tertiary/aromatic N) is 1. The first-order valence-corrected chi connectivity index (χ1v) is 7.75. The lowest BCUT2D eigenvalue weighted by Crippen LogP contribution is -2.16. The number of nitrogens with one attached hydrogen (secondary N) is 1. The lowest BCUT2D eigenvalue weighted by Gasteiger charge is -2.00. The van der Waals surface area contributed by atoms with Gasteiger partial charge in [-0.25, -0.2) is 10.2 Å². The van der Waals surface area contributed by atoms with Gasteiger partial charge < -0.3 is 13.6 Å². The third-order valence-electron chi connectivity index (χ3n) is 3.54. The molecular weight excluding hydrogens is 336 g/mol. The van der Waals surface area contributed by atoms with E-state index in [-0.39, 0.29) is 5.76 Å². The van der Waals surface area contributed by atoms with Gasteiger partial charge in [0.25, 0.3) is 0 Å². The Labute approximate surface area is 149 Å². The molecule has 0 aliphatic rings. The van der Waals surface area contributed by atoms with Crippen LogP contribution < -0.4 is 5.43 Å². The van der Waals surface area contributed by atoms with Crippen LogP contribution in [0.25, 0.3) is 11.3 Å². The zero-order chi connectivity index (χ0) is 18.5. The number of carbonyl (C=O) groups is 2. The van der Waals surface area contributed by atoms with Gasteiger partial charge in [-0.3, -0.25) is 4.79 Å². The SMILES string of the molecule is COC(=O)c1ccc(-c2ccc(/C=N\NC(=O)c3ccc(C)o3)o2)cc1. The van der Waals surface area contributed by atoms with Crippen molar-refractivity contribution in [3.05, 3.63) is 71.4 Å². The second-order valence-electron chi connectivity index (χ2n) is 5.38. The fourth-order valence-corrected chi connectivity index (χ4v) is 2.23. The number of esters is 1. The average Bonchev–Trinajstić information content (AvgIpc) is 3.30. The van der Waals surface area contributed by atoms with Gasteiger partial charge >= 0.3 is 11.9 Å². The molecule has 2 heterocycles. The van der Waals surface area contributed by atoms with Gasteiger partial charge in [0.2, 0.25) is 0 Å². The van der Waals surface area contributed by atoms with Gasteiger partial charge in [-0.1, -0.05) is 12.1 Å². The molecule has 26 heavy (non-hydrogen) atoms. The largest absolute Gasteiger partial charge is 0.465 e. The summed E-state index contributed by atoms with van der Waals surface area (Å²) in [7, 11) is 1.33. The van der Waals surface area contributed by atoms with Crippen LogP contribution in [0.2, 0.25) is 0 Å². The van der Waals surface area contributed by atoms with E-state index < -0.39 is 11.9 Å². The van der Waals surface area contributed by atoms with Crippen molar-refractivity contribution in [1.29, 1.82) is 0 Å². The van der Waals surface area contributed by atoms with E-state index in [2.05, 4.69) is 15.3 Å². The summed E-state index contributed by atoms with van der Waals surface area (Å²) in [5.41, 5.74) is 3.62. The highest BCUT2D eigenvalue weighted by Gasteiger charge is 2.09. The van der Waals surface area contributed by atoms with Crippen LogP contribution in [-0.4, -0.2) is 25.2 Å².